The van der Waals surface area contributed by atoms with Gasteiger partial charge in [-0.25, -0.2) is 4.39 Å². The van der Waals surface area contributed by atoms with Crippen molar-refractivity contribution in [3.63, 3.8) is 0 Å². The summed E-state index contributed by atoms with van der Waals surface area (Å²) in [5.74, 6) is -0.207. The van der Waals surface area contributed by atoms with Crippen LogP contribution in [0.5, 0.6) is 0 Å². The van der Waals surface area contributed by atoms with E-state index in [1.165, 1.54) is 12.1 Å². The number of halogens is 1. The number of pyridine rings is 1. The number of nitrogens with zero attached hydrogens (tertiary/aromatic N) is 3. The van der Waals surface area contributed by atoms with E-state index >= 15 is 0 Å². The van der Waals surface area contributed by atoms with Crippen molar-refractivity contribution in [1.82, 2.24) is 15.2 Å². The molecule has 1 aliphatic heterocycles. The van der Waals surface area contributed by atoms with Gasteiger partial charge in [-0.1, -0.05) is 6.07 Å². The van der Waals surface area contributed by atoms with Crippen LogP contribution < -0.4 is 10.2 Å². The first kappa shape index (κ1) is 17.4. The molecule has 2 aromatic rings. The fourth-order valence-electron chi connectivity index (χ4n) is 3.01. The summed E-state index contributed by atoms with van der Waals surface area (Å²) in [7, 11) is 0. The Hall–Kier alpha value is -2.47. The van der Waals surface area contributed by atoms with Crippen molar-refractivity contribution in [2.24, 2.45) is 0 Å². The maximum absolute atomic E-state index is 13.0. The van der Waals surface area contributed by atoms with Crippen molar-refractivity contribution in [1.29, 1.82) is 0 Å². The van der Waals surface area contributed by atoms with Crippen LogP contribution in [-0.2, 0) is 11.3 Å². The molecule has 0 saturated carbocycles. The molecule has 0 radical (unpaired) electrons. The SMILES string of the molecule is C[C@@H](C(=O)NCc1ccccn1)N1CCN(c2ccc(F)cc2)CC1. The van der Waals surface area contributed by atoms with E-state index in [9.17, 15) is 9.18 Å². The van der Waals surface area contributed by atoms with Crippen LogP contribution in [-0.4, -0.2) is 48.0 Å². The smallest absolute Gasteiger partial charge is 0.237 e. The maximum Gasteiger partial charge on any atom is 0.237 e. The second-order valence-electron chi connectivity index (χ2n) is 6.21. The number of carbonyl (C=O) groups is 1. The van der Waals surface area contributed by atoms with E-state index < -0.39 is 0 Å². The minimum absolute atomic E-state index is 0.0147. The van der Waals surface area contributed by atoms with Crippen molar-refractivity contribution in [3.05, 3.63) is 60.2 Å². The van der Waals surface area contributed by atoms with E-state index in [2.05, 4.69) is 20.1 Å². The van der Waals surface area contributed by atoms with Crippen LogP contribution in [0.4, 0.5) is 10.1 Å². The fraction of sp³-hybridized carbons (Fsp3) is 0.368. The van der Waals surface area contributed by atoms with Crippen LogP contribution in [0, 0.1) is 5.82 Å². The molecule has 0 unspecified atom stereocenters. The molecule has 5 nitrogen and oxygen atoms in total. The summed E-state index contributed by atoms with van der Waals surface area (Å²) in [6, 6.07) is 12.0. The Morgan fingerprint density at radius 3 is 2.52 bits per heavy atom. The molecule has 2 heterocycles. The number of piperazine rings is 1. The molecule has 1 saturated heterocycles. The molecule has 3 rings (SSSR count). The lowest BCUT2D eigenvalue weighted by molar-refractivity contribution is -0.126. The highest BCUT2D eigenvalue weighted by Crippen LogP contribution is 2.17. The van der Waals surface area contributed by atoms with Gasteiger partial charge in [-0.3, -0.25) is 14.7 Å². The Bertz CT molecular complexity index is 684. The first-order chi connectivity index (χ1) is 12.1. The predicted octanol–water partition coefficient (Wildman–Crippen LogP) is 2.05. The summed E-state index contributed by atoms with van der Waals surface area (Å²) in [4.78, 5) is 21.0. The number of nitrogens with one attached hydrogen (secondary N) is 1. The number of rotatable bonds is 5. The van der Waals surface area contributed by atoms with E-state index in [0.717, 1.165) is 37.6 Å². The van der Waals surface area contributed by atoms with Gasteiger partial charge in [0, 0.05) is 38.1 Å². The van der Waals surface area contributed by atoms with Crippen LogP contribution >= 0.6 is 0 Å². The molecule has 25 heavy (non-hydrogen) atoms. The Labute approximate surface area is 147 Å². The Balaban J connectivity index is 1.48. The number of hydrogen-bond acceptors (Lipinski definition) is 4. The molecule has 1 atom stereocenters. The fourth-order valence-corrected chi connectivity index (χ4v) is 3.01. The summed E-state index contributed by atoms with van der Waals surface area (Å²) in [6.45, 7) is 5.62. The molecular formula is C19H23FN4O. The Morgan fingerprint density at radius 1 is 1.16 bits per heavy atom. The summed E-state index contributed by atoms with van der Waals surface area (Å²) < 4.78 is 13.0. The second-order valence-corrected chi connectivity index (χ2v) is 6.21. The number of carbonyl (C=O) groups excluding carboxylic acids is 1. The monoisotopic (exact) mass is 342 g/mol. The third-order valence-electron chi connectivity index (χ3n) is 4.60. The zero-order valence-electron chi connectivity index (χ0n) is 14.4. The molecule has 6 heteroatoms. The van der Waals surface area contributed by atoms with Crippen LogP contribution in [0.25, 0.3) is 0 Å². The first-order valence-electron chi connectivity index (χ1n) is 8.55. The molecule has 132 valence electrons. The molecule has 1 amide bonds. The van der Waals surface area contributed by atoms with Crippen molar-refractivity contribution >= 4 is 11.6 Å². The summed E-state index contributed by atoms with van der Waals surface area (Å²) in [5, 5.41) is 2.95. The molecule has 0 aliphatic carbocycles. The Morgan fingerprint density at radius 2 is 1.88 bits per heavy atom. The summed E-state index contributed by atoms with van der Waals surface area (Å²) >= 11 is 0. The van der Waals surface area contributed by atoms with Crippen LogP contribution in [0.15, 0.2) is 48.7 Å². The average Bonchev–Trinajstić information content (AvgIpc) is 2.67. The molecule has 0 bridgehead atoms. The normalized spacial score (nSPS) is 16.5. The van der Waals surface area contributed by atoms with Gasteiger partial charge in [0.05, 0.1) is 18.3 Å². The van der Waals surface area contributed by atoms with Gasteiger partial charge in [0.25, 0.3) is 0 Å². The summed E-state index contributed by atoms with van der Waals surface area (Å²) in [6.07, 6.45) is 1.72. The molecule has 1 fully saturated rings. The molecule has 1 aliphatic rings. The third-order valence-corrected chi connectivity index (χ3v) is 4.60. The van der Waals surface area contributed by atoms with Gasteiger partial charge in [0.15, 0.2) is 0 Å². The molecule has 1 aromatic heterocycles. The summed E-state index contributed by atoms with van der Waals surface area (Å²) in [5.41, 5.74) is 1.87. The lowest BCUT2D eigenvalue weighted by atomic mass is 10.2. The van der Waals surface area contributed by atoms with E-state index in [-0.39, 0.29) is 17.8 Å². The average molecular weight is 342 g/mol. The Kier molecular flexibility index (Phi) is 5.60. The van der Waals surface area contributed by atoms with Gasteiger partial charge in [0.2, 0.25) is 5.91 Å². The maximum atomic E-state index is 13.0. The standard InChI is InChI=1S/C19H23FN4O/c1-15(19(25)22-14-17-4-2-3-9-21-17)23-10-12-24(13-11-23)18-7-5-16(20)6-8-18/h2-9,15H,10-14H2,1H3,(H,22,25)/t15-/m0/s1. The topological polar surface area (TPSA) is 48.5 Å². The van der Waals surface area contributed by atoms with Crippen molar-refractivity contribution in [3.8, 4) is 0 Å². The van der Waals surface area contributed by atoms with Gasteiger partial charge in [-0.05, 0) is 43.3 Å². The number of amides is 1. The lowest BCUT2D eigenvalue weighted by Gasteiger charge is -2.38. The first-order valence-corrected chi connectivity index (χ1v) is 8.55. The molecular weight excluding hydrogens is 319 g/mol. The van der Waals surface area contributed by atoms with E-state index in [4.69, 9.17) is 0 Å². The zero-order chi connectivity index (χ0) is 17.6. The van der Waals surface area contributed by atoms with Gasteiger partial charge in [-0.15, -0.1) is 0 Å². The number of anilines is 1. The van der Waals surface area contributed by atoms with Crippen LogP contribution in [0.1, 0.15) is 12.6 Å². The number of benzene rings is 1. The second kappa shape index (κ2) is 8.07. The minimum Gasteiger partial charge on any atom is -0.369 e. The minimum atomic E-state index is -0.222. The lowest BCUT2D eigenvalue weighted by Crippen LogP contribution is -2.53. The molecule has 1 aromatic carbocycles. The molecule has 1 N–H and O–H groups in total. The van der Waals surface area contributed by atoms with Gasteiger partial charge < -0.3 is 10.2 Å². The third kappa shape index (κ3) is 4.54. The van der Waals surface area contributed by atoms with Gasteiger partial charge >= 0.3 is 0 Å². The van der Waals surface area contributed by atoms with Crippen LogP contribution in [0.2, 0.25) is 0 Å². The highest BCUT2D eigenvalue weighted by molar-refractivity contribution is 5.81. The van der Waals surface area contributed by atoms with E-state index in [1.54, 1.807) is 18.3 Å². The zero-order valence-corrected chi connectivity index (χ0v) is 14.4. The highest BCUT2D eigenvalue weighted by Gasteiger charge is 2.25. The molecule has 0 spiro atoms. The quantitative estimate of drug-likeness (QED) is 0.903. The number of aromatic nitrogens is 1. The van der Waals surface area contributed by atoms with Crippen LogP contribution in [0.3, 0.4) is 0 Å². The van der Waals surface area contributed by atoms with E-state index in [0.29, 0.717) is 6.54 Å². The highest BCUT2D eigenvalue weighted by atomic mass is 19.1. The van der Waals surface area contributed by atoms with Gasteiger partial charge in [-0.2, -0.15) is 0 Å². The van der Waals surface area contributed by atoms with Gasteiger partial charge in [0.1, 0.15) is 5.82 Å². The largest absolute Gasteiger partial charge is 0.369 e. The van der Waals surface area contributed by atoms with Crippen molar-refractivity contribution in [2.45, 2.75) is 19.5 Å². The van der Waals surface area contributed by atoms with Crippen molar-refractivity contribution in [2.75, 3.05) is 31.1 Å². The van der Waals surface area contributed by atoms with Crippen molar-refractivity contribution < 1.29 is 9.18 Å². The van der Waals surface area contributed by atoms with E-state index in [1.807, 2.05) is 25.1 Å². The number of hydrogen-bond donors (Lipinski definition) is 1. The predicted molar refractivity (Wildman–Crippen MR) is 95.7 cm³/mol.